The number of morpholine rings is 1. The normalized spacial score (nSPS) is 19.4. The molecule has 2 saturated heterocycles. The fourth-order valence-electron chi connectivity index (χ4n) is 4.40. The van der Waals surface area contributed by atoms with Gasteiger partial charge in [0.15, 0.2) is 0 Å². The molecule has 3 rings (SSSR count). The van der Waals surface area contributed by atoms with Crippen LogP contribution >= 0.6 is 0 Å². The summed E-state index contributed by atoms with van der Waals surface area (Å²) in [5.41, 5.74) is 2.96. The summed E-state index contributed by atoms with van der Waals surface area (Å²) in [5, 5.41) is 0. The Balaban J connectivity index is 1.64. The number of carbonyl (C=O) groups excluding carboxylic acids is 1. The number of anilines is 1. The van der Waals surface area contributed by atoms with Crippen LogP contribution in [0.5, 0.6) is 0 Å². The first-order valence-electron chi connectivity index (χ1n) is 11.4. The van der Waals surface area contributed by atoms with Crippen molar-refractivity contribution in [3.05, 3.63) is 29.3 Å². The summed E-state index contributed by atoms with van der Waals surface area (Å²) in [6, 6.07) is 6.24. The van der Waals surface area contributed by atoms with Crippen molar-refractivity contribution in [3.8, 4) is 0 Å². The van der Waals surface area contributed by atoms with Crippen molar-refractivity contribution in [1.29, 1.82) is 0 Å². The average Bonchev–Trinajstić information content (AvgIpc) is 2.78. The van der Waals surface area contributed by atoms with Gasteiger partial charge in [-0.1, -0.05) is 12.1 Å². The van der Waals surface area contributed by atoms with E-state index in [1.807, 2.05) is 27.0 Å². The fraction of sp³-hybridized carbons (Fsp3) is 0.696. The summed E-state index contributed by atoms with van der Waals surface area (Å²) in [5.74, 6) is 0. The van der Waals surface area contributed by atoms with Crippen molar-refractivity contribution < 1.29 is 40.6 Å². The van der Waals surface area contributed by atoms with Gasteiger partial charge in [-0.15, -0.1) is 0 Å². The van der Waals surface area contributed by atoms with Gasteiger partial charge in [-0.25, -0.2) is 4.79 Å². The lowest BCUT2D eigenvalue weighted by Crippen LogP contribution is -2.54. The molecule has 0 radical (unpaired) electrons. The van der Waals surface area contributed by atoms with Crippen LogP contribution in [0.25, 0.3) is 0 Å². The molecule has 2 heterocycles. The third kappa shape index (κ3) is 6.72. The van der Waals surface area contributed by atoms with E-state index in [2.05, 4.69) is 26.7 Å². The van der Waals surface area contributed by atoms with E-state index in [4.69, 9.17) is 4.74 Å². The minimum Gasteiger partial charge on any atom is -0.426 e. The molecule has 0 aromatic heterocycles. The number of likely N-dealkylation sites (tertiary alicyclic amines) is 1. The van der Waals surface area contributed by atoms with Crippen LogP contribution in [0.3, 0.4) is 0 Å². The van der Waals surface area contributed by atoms with Crippen molar-refractivity contribution in [2.24, 2.45) is 0 Å². The second kappa shape index (κ2) is 10.4. The van der Waals surface area contributed by atoms with Crippen molar-refractivity contribution in [3.63, 3.8) is 0 Å². The van der Waals surface area contributed by atoms with Crippen molar-refractivity contribution in [1.82, 2.24) is 9.80 Å². The Morgan fingerprint density at radius 2 is 1.66 bits per heavy atom. The maximum atomic E-state index is 12.7. The van der Waals surface area contributed by atoms with Crippen LogP contribution < -0.4 is 4.90 Å². The zero-order valence-corrected chi connectivity index (χ0v) is 20.0. The minimum absolute atomic E-state index is 0.00761. The van der Waals surface area contributed by atoms with E-state index in [-0.39, 0.29) is 13.1 Å². The molecule has 0 N–H and O–H groups in total. The molecule has 198 valence electrons. The number of hydrogen-bond donors (Lipinski definition) is 0. The number of alkyl halides is 6. The highest BCUT2D eigenvalue weighted by atomic mass is 19.4. The molecule has 2 aliphatic rings. The van der Waals surface area contributed by atoms with Crippen LogP contribution in [-0.2, 0) is 16.0 Å². The number of ether oxygens (including phenoxy) is 2. The van der Waals surface area contributed by atoms with Gasteiger partial charge in [0.25, 0.3) is 6.10 Å². The van der Waals surface area contributed by atoms with Crippen LogP contribution in [-0.4, -0.2) is 86.3 Å². The molecular formula is C23H31F6N3O3. The van der Waals surface area contributed by atoms with Gasteiger partial charge in [0.1, 0.15) is 0 Å². The Morgan fingerprint density at radius 1 is 1.09 bits per heavy atom. The van der Waals surface area contributed by atoms with Gasteiger partial charge in [-0.3, -0.25) is 4.90 Å². The van der Waals surface area contributed by atoms with Crippen molar-refractivity contribution in [2.75, 3.05) is 51.3 Å². The molecule has 35 heavy (non-hydrogen) atoms. The first-order valence-corrected chi connectivity index (χ1v) is 11.4. The zero-order valence-electron chi connectivity index (χ0n) is 20.0. The van der Waals surface area contributed by atoms with Crippen molar-refractivity contribution >= 4 is 11.8 Å². The molecule has 1 aromatic rings. The third-order valence-electron chi connectivity index (χ3n) is 6.83. The predicted octanol–water partition coefficient (Wildman–Crippen LogP) is 4.75. The standard InChI is InChI=1S/C23H31F6N3O3/c1-16-4-5-17(18(14-16)31-10-12-34-13-11-31)15-30(3)21(2)6-8-32(9-7-21)20(33)35-19(22(24,25)26)23(27,28)29/h4-5,14,19H,6-13,15H2,1-3H3. The second-order valence-corrected chi connectivity index (χ2v) is 9.42. The van der Waals surface area contributed by atoms with Crippen LogP contribution in [0.1, 0.15) is 30.9 Å². The third-order valence-corrected chi connectivity index (χ3v) is 6.83. The summed E-state index contributed by atoms with van der Waals surface area (Å²) < 4.78 is 85.7. The summed E-state index contributed by atoms with van der Waals surface area (Å²) in [7, 11) is 1.93. The molecule has 0 saturated carbocycles. The molecule has 6 nitrogen and oxygen atoms in total. The van der Waals surface area contributed by atoms with E-state index < -0.39 is 30.1 Å². The summed E-state index contributed by atoms with van der Waals surface area (Å²) in [4.78, 5) is 17.4. The molecule has 2 aliphatic heterocycles. The predicted molar refractivity (Wildman–Crippen MR) is 117 cm³/mol. The quantitative estimate of drug-likeness (QED) is 0.534. The summed E-state index contributed by atoms with van der Waals surface area (Å²) in [6.45, 7) is 7.45. The maximum Gasteiger partial charge on any atom is 0.434 e. The van der Waals surface area contributed by atoms with Crippen LogP contribution in [0.4, 0.5) is 36.8 Å². The number of piperidine rings is 1. The van der Waals surface area contributed by atoms with Gasteiger partial charge in [0.2, 0.25) is 0 Å². The topological polar surface area (TPSA) is 45.2 Å². The highest BCUT2D eigenvalue weighted by molar-refractivity contribution is 5.68. The highest BCUT2D eigenvalue weighted by Crippen LogP contribution is 2.37. The van der Waals surface area contributed by atoms with E-state index in [0.29, 0.717) is 32.6 Å². The van der Waals surface area contributed by atoms with E-state index >= 15 is 0 Å². The average molecular weight is 512 g/mol. The number of halogens is 6. The number of nitrogens with zero attached hydrogens (tertiary/aromatic N) is 3. The smallest absolute Gasteiger partial charge is 0.426 e. The fourth-order valence-corrected chi connectivity index (χ4v) is 4.40. The maximum absolute atomic E-state index is 12.7. The van der Waals surface area contributed by atoms with Crippen LogP contribution in [0, 0.1) is 6.92 Å². The Labute approximate surface area is 200 Å². The molecule has 12 heteroatoms. The number of carbonyl (C=O) groups is 1. The lowest BCUT2D eigenvalue weighted by atomic mass is 9.87. The molecule has 0 spiro atoms. The zero-order chi connectivity index (χ0) is 26.0. The molecule has 2 fully saturated rings. The van der Waals surface area contributed by atoms with Gasteiger partial charge in [0.05, 0.1) is 13.2 Å². The van der Waals surface area contributed by atoms with Crippen LogP contribution in [0.15, 0.2) is 18.2 Å². The Hall–Kier alpha value is -2.21. The SMILES string of the molecule is Cc1ccc(CN(C)C2(C)CCN(C(=O)OC(C(F)(F)F)C(F)(F)F)CC2)c(N2CCOCC2)c1. The lowest BCUT2D eigenvalue weighted by Gasteiger charge is -2.45. The van der Waals surface area contributed by atoms with Gasteiger partial charge in [-0.05, 0) is 50.9 Å². The first kappa shape index (κ1) is 27.4. The molecule has 0 atom stereocenters. The largest absolute Gasteiger partial charge is 0.434 e. The number of hydrogen-bond acceptors (Lipinski definition) is 5. The summed E-state index contributed by atoms with van der Waals surface area (Å²) in [6.07, 6.45) is -16.5. The van der Waals surface area contributed by atoms with E-state index in [9.17, 15) is 31.1 Å². The minimum atomic E-state index is -5.73. The molecule has 0 aliphatic carbocycles. The van der Waals surface area contributed by atoms with E-state index in [1.165, 1.54) is 0 Å². The van der Waals surface area contributed by atoms with E-state index in [0.717, 1.165) is 34.8 Å². The van der Waals surface area contributed by atoms with Gasteiger partial charge in [0, 0.05) is 44.0 Å². The van der Waals surface area contributed by atoms with Gasteiger partial charge >= 0.3 is 18.4 Å². The second-order valence-electron chi connectivity index (χ2n) is 9.42. The molecule has 1 amide bonds. The number of amides is 1. The highest BCUT2D eigenvalue weighted by Gasteiger charge is 2.60. The molecular weight excluding hydrogens is 480 g/mol. The van der Waals surface area contributed by atoms with Gasteiger partial charge < -0.3 is 19.3 Å². The first-order chi connectivity index (χ1) is 16.2. The Kier molecular flexibility index (Phi) is 8.15. The summed E-state index contributed by atoms with van der Waals surface area (Å²) >= 11 is 0. The van der Waals surface area contributed by atoms with Crippen LogP contribution in [0.2, 0.25) is 0 Å². The number of aryl methyl sites for hydroxylation is 1. The molecule has 1 aromatic carbocycles. The monoisotopic (exact) mass is 511 g/mol. The number of rotatable bonds is 5. The molecule has 0 unspecified atom stereocenters. The number of benzene rings is 1. The van der Waals surface area contributed by atoms with E-state index in [1.54, 1.807) is 0 Å². The Bertz CT molecular complexity index is 864. The Morgan fingerprint density at radius 3 is 2.20 bits per heavy atom. The van der Waals surface area contributed by atoms with Gasteiger partial charge in [-0.2, -0.15) is 26.3 Å². The lowest BCUT2D eigenvalue weighted by molar-refractivity contribution is -0.308. The van der Waals surface area contributed by atoms with Crippen molar-refractivity contribution in [2.45, 2.75) is 57.2 Å². The molecule has 0 bridgehead atoms.